The number of nitrogens with one attached hydrogen (secondary N) is 2. The number of rotatable bonds is 4. The highest BCUT2D eigenvalue weighted by atomic mass is 19.2. The fourth-order valence-electron chi connectivity index (χ4n) is 2.17. The lowest BCUT2D eigenvalue weighted by Crippen LogP contribution is -2.35. The van der Waals surface area contributed by atoms with Crippen LogP contribution in [0.1, 0.15) is 18.4 Å². The van der Waals surface area contributed by atoms with Gasteiger partial charge in [0.05, 0.1) is 0 Å². The van der Waals surface area contributed by atoms with Gasteiger partial charge in [0.2, 0.25) is 0 Å². The fraction of sp³-hybridized carbons (Fsp3) is 0.538. The van der Waals surface area contributed by atoms with E-state index in [1.807, 2.05) is 0 Å². The van der Waals surface area contributed by atoms with Crippen LogP contribution < -0.4 is 10.6 Å². The van der Waals surface area contributed by atoms with Gasteiger partial charge in [-0.1, -0.05) is 6.07 Å². The third kappa shape index (κ3) is 3.75. The lowest BCUT2D eigenvalue weighted by Gasteiger charge is -2.22. The molecule has 1 aromatic rings. The van der Waals surface area contributed by atoms with Crippen LogP contribution in [-0.4, -0.2) is 19.6 Å². The lowest BCUT2D eigenvalue weighted by molar-refractivity contribution is 0.360. The first-order chi connectivity index (χ1) is 8.25. The second-order valence-corrected chi connectivity index (χ2v) is 4.59. The van der Waals surface area contributed by atoms with Gasteiger partial charge >= 0.3 is 0 Å². The molecule has 0 radical (unpaired) electrons. The maximum absolute atomic E-state index is 12.9. The Morgan fingerprint density at radius 1 is 1.29 bits per heavy atom. The van der Waals surface area contributed by atoms with Gasteiger partial charge in [-0.05, 0) is 56.1 Å². The van der Waals surface area contributed by atoms with E-state index in [2.05, 4.69) is 10.6 Å². The summed E-state index contributed by atoms with van der Waals surface area (Å²) in [6.07, 6.45) is 2.45. The van der Waals surface area contributed by atoms with Crippen molar-refractivity contribution in [2.45, 2.75) is 19.4 Å². The molecule has 2 nitrogen and oxygen atoms in total. The second kappa shape index (κ2) is 6.07. The summed E-state index contributed by atoms with van der Waals surface area (Å²) in [6, 6.07) is 4.04. The first kappa shape index (κ1) is 12.5. The van der Waals surface area contributed by atoms with Crippen molar-refractivity contribution in [3.8, 4) is 0 Å². The largest absolute Gasteiger partial charge is 0.316 e. The van der Waals surface area contributed by atoms with Crippen LogP contribution in [0.3, 0.4) is 0 Å². The molecule has 1 atom stereocenters. The lowest BCUT2D eigenvalue weighted by atomic mass is 10.00. The van der Waals surface area contributed by atoms with E-state index < -0.39 is 11.6 Å². The Morgan fingerprint density at radius 3 is 2.88 bits per heavy atom. The summed E-state index contributed by atoms with van der Waals surface area (Å²) in [7, 11) is 0. The van der Waals surface area contributed by atoms with Crippen molar-refractivity contribution in [1.82, 2.24) is 10.6 Å². The summed E-state index contributed by atoms with van der Waals surface area (Å²) in [4.78, 5) is 0. The van der Waals surface area contributed by atoms with E-state index in [4.69, 9.17) is 0 Å². The van der Waals surface area contributed by atoms with Crippen molar-refractivity contribution in [2.75, 3.05) is 19.6 Å². The molecule has 0 aliphatic carbocycles. The zero-order valence-electron chi connectivity index (χ0n) is 9.81. The van der Waals surface area contributed by atoms with Gasteiger partial charge in [0.25, 0.3) is 0 Å². The van der Waals surface area contributed by atoms with Crippen LogP contribution in [0.5, 0.6) is 0 Å². The van der Waals surface area contributed by atoms with E-state index in [1.54, 1.807) is 6.07 Å². The SMILES string of the molecule is Fc1ccc(CNCC2CCCNC2)cc1F. The van der Waals surface area contributed by atoms with Crippen LogP contribution in [0.15, 0.2) is 18.2 Å². The summed E-state index contributed by atoms with van der Waals surface area (Å²) >= 11 is 0. The minimum absolute atomic E-state index is 0.591. The number of benzene rings is 1. The monoisotopic (exact) mass is 240 g/mol. The quantitative estimate of drug-likeness (QED) is 0.841. The van der Waals surface area contributed by atoms with E-state index in [0.29, 0.717) is 12.5 Å². The maximum Gasteiger partial charge on any atom is 0.159 e. The standard InChI is InChI=1S/C13H18F2N2/c14-12-4-3-10(6-13(12)15)7-17-9-11-2-1-5-16-8-11/h3-4,6,11,16-17H,1-2,5,7-9H2. The Morgan fingerprint density at radius 2 is 2.18 bits per heavy atom. The molecule has 1 aliphatic rings. The van der Waals surface area contributed by atoms with Crippen molar-refractivity contribution in [1.29, 1.82) is 0 Å². The zero-order chi connectivity index (χ0) is 12.1. The summed E-state index contributed by atoms with van der Waals surface area (Å²) in [5, 5.41) is 6.64. The van der Waals surface area contributed by atoms with E-state index in [0.717, 1.165) is 25.2 Å². The molecule has 0 bridgehead atoms. The molecule has 1 fully saturated rings. The molecular formula is C13H18F2N2. The summed E-state index contributed by atoms with van der Waals surface area (Å²) in [5.74, 6) is -0.914. The molecule has 1 aliphatic heterocycles. The molecule has 17 heavy (non-hydrogen) atoms. The molecule has 1 saturated heterocycles. The van der Waals surface area contributed by atoms with Crippen molar-refractivity contribution in [3.63, 3.8) is 0 Å². The molecule has 1 unspecified atom stereocenters. The van der Waals surface area contributed by atoms with E-state index in [1.165, 1.54) is 25.0 Å². The number of hydrogen-bond donors (Lipinski definition) is 2. The van der Waals surface area contributed by atoms with E-state index >= 15 is 0 Å². The number of hydrogen-bond acceptors (Lipinski definition) is 2. The van der Waals surface area contributed by atoms with Gasteiger partial charge in [-0.2, -0.15) is 0 Å². The predicted molar refractivity (Wildman–Crippen MR) is 63.7 cm³/mol. The minimum atomic E-state index is -0.787. The highest BCUT2D eigenvalue weighted by Crippen LogP contribution is 2.10. The van der Waals surface area contributed by atoms with Crippen LogP contribution >= 0.6 is 0 Å². The molecule has 0 spiro atoms. The highest BCUT2D eigenvalue weighted by molar-refractivity contribution is 5.17. The first-order valence-corrected chi connectivity index (χ1v) is 6.11. The molecular weight excluding hydrogens is 222 g/mol. The van der Waals surface area contributed by atoms with Gasteiger partial charge in [-0.3, -0.25) is 0 Å². The third-order valence-electron chi connectivity index (χ3n) is 3.15. The van der Waals surface area contributed by atoms with E-state index in [-0.39, 0.29) is 0 Å². The topological polar surface area (TPSA) is 24.1 Å². The highest BCUT2D eigenvalue weighted by Gasteiger charge is 2.12. The van der Waals surface area contributed by atoms with Gasteiger partial charge in [0.15, 0.2) is 11.6 Å². The smallest absolute Gasteiger partial charge is 0.159 e. The molecule has 1 heterocycles. The molecule has 0 aromatic heterocycles. The Kier molecular flexibility index (Phi) is 4.45. The summed E-state index contributed by atoms with van der Waals surface area (Å²) in [5.41, 5.74) is 0.785. The zero-order valence-corrected chi connectivity index (χ0v) is 9.81. The molecule has 4 heteroatoms. The maximum atomic E-state index is 12.9. The Balaban J connectivity index is 1.75. The Hall–Kier alpha value is -1.00. The van der Waals surface area contributed by atoms with Gasteiger partial charge in [-0.25, -0.2) is 8.78 Å². The minimum Gasteiger partial charge on any atom is -0.316 e. The average molecular weight is 240 g/mol. The molecule has 2 N–H and O–H groups in total. The van der Waals surface area contributed by atoms with E-state index in [9.17, 15) is 8.78 Å². The third-order valence-corrected chi connectivity index (χ3v) is 3.15. The Bertz CT molecular complexity index is 362. The van der Waals surface area contributed by atoms with Crippen molar-refractivity contribution in [2.24, 2.45) is 5.92 Å². The number of halogens is 2. The first-order valence-electron chi connectivity index (χ1n) is 6.11. The predicted octanol–water partition coefficient (Wildman–Crippen LogP) is 2.05. The van der Waals surface area contributed by atoms with Gasteiger partial charge < -0.3 is 10.6 Å². The normalized spacial score (nSPS) is 20.5. The summed E-state index contributed by atoms with van der Waals surface area (Å²) < 4.78 is 25.7. The molecule has 94 valence electrons. The molecule has 2 rings (SSSR count). The van der Waals surface area contributed by atoms with Crippen LogP contribution in [0, 0.1) is 17.6 Å². The average Bonchev–Trinajstić information content (AvgIpc) is 2.35. The second-order valence-electron chi connectivity index (χ2n) is 4.59. The molecule has 0 saturated carbocycles. The fourth-order valence-corrected chi connectivity index (χ4v) is 2.17. The number of piperidine rings is 1. The van der Waals surface area contributed by atoms with Gasteiger partial charge in [0.1, 0.15) is 0 Å². The molecule has 0 amide bonds. The molecule has 1 aromatic carbocycles. The van der Waals surface area contributed by atoms with Crippen molar-refractivity contribution < 1.29 is 8.78 Å². The van der Waals surface area contributed by atoms with Crippen LogP contribution in [0.2, 0.25) is 0 Å². The Labute approximate surface area is 100 Å². The van der Waals surface area contributed by atoms with Gasteiger partial charge in [0, 0.05) is 6.54 Å². The summed E-state index contributed by atoms with van der Waals surface area (Å²) in [6.45, 7) is 3.67. The van der Waals surface area contributed by atoms with Crippen LogP contribution in [0.4, 0.5) is 8.78 Å². The van der Waals surface area contributed by atoms with Crippen LogP contribution in [-0.2, 0) is 6.54 Å². The van der Waals surface area contributed by atoms with Crippen molar-refractivity contribution in [3.05, 3.63) is 35.4 Å². The van der Waals surface area contributed by atoms with Crippen molar-refractivity contribution >= 4 is 0 Å². The van der Waals surface area contributed by atoms with Gasteiger partial charge in [-0.15, -0.1) is 0 Å². The van der Waals surface area contributed by atoms with Crippen LogP contribution in [0.25, 0.3) is 0 Å².